The summed E-state index contributed by atoms with van der Waals surface area (Å²) in [5.41, 5.74) is 0.470. The highest BCUT2D eigenvalue weighted by molar-refractivity contribution is 5.71. The lowest BCUT2D eigenvalue weighted by molar-refractivity contribution is -0.148. The zero-order valence-electron chi connectivity index (χ0n) is 11.6. The first kappa shape index (κ1) is 15.3. The van der Waals surface area contributed by atoms with Crippen molar-refractivity contribution < 1.29 is 24.5 Å². The number of ether oxygens (including phenoxy) is 2. The number of rotatable bonds is 6. The topological polar surface area (TPSA) is 76.0 Å². The molecule has 1 aromatic carbocycles. The van der Waals surface area contributed by atoms with E-state index in [1.165, 1.54) is 14.2 Å². The fraction of sp³-hybridized carbons (Fsp3) is 0.500. The maximum absolute atomic E-state index is 11.2. The Bertz CT molecular complexity index is 419. The summed E-state index contributed by atoms with van der Waals surface area (Å²) in [6.45, 7) is 3.53. The van der Waals surface area contributed by atoms with Crippen LogP contribution in [0.4, 0.5) is 0 Å². The fourth-order valence-electron chi connectivity index (χ4n) is 1.99. The molecule has 0 heterocycles. The van der Waals surface area contributed by atoms with Crippen molar-refractivity contribution in [2.24, 2.45) is 11.8 Å². The SMILES string of the molecule is COc1cc(OC)cc(C(O)C(C(=O)O)C(C)C)c1. The van der Waals surface area contributed by atoms with Gasteiger partial charge in [-0.25, -0.2) is 0 Å². The molecule has 2 atom stereocenters. The Morgan fingerprint density at radius 3 is 1.89 bits per heavy atom. The summed E-state index contributed by atoms with van der Waals surface area (Å²) in [7, 11) is 3.00. The predicted octanol–water partition coefficient (Wildman–Crippen LogP) is 2.09. The van der Waals surface area contributed by atoms with E-state index in [1.54, 1.807) is 32.0 Å². The number of aliphatic hydroxyl groups is 1. The number of benzene rings is 1. The lowest BCUT2D eigenvalue weighted by Gasteiger charge is -2.23. The summed E-state index contributed by atoms with van der Waals surface area (Å²) in [6.07, 6.45) is -1.11. The second-order valence-electron chi connectivity index (χ2n) is 4.70. The van der Waals surface area contributed by atoms with E-state index >= 15 is 0 Å². The van der Waals surface area contributed by atoms with E-state index in [2.05, 4.69) is 0 Å². The zero-order chi connectivity index (χ0) is 14.6. The van der Waals surface area contributed by atoms with Gasteiger partial charge in [0.2, 0.25) is 0 Å². The quantitative estimate of drug-likeness (QED) is 0.826. The largest absolute Gasteiger partial charge is 0.497 e. The Morgan fingerprint density at radius 2 is 1.58 bits per heavy atom. The van der Waals surface area contributed by atoms with Crippen molar-refractivity contribution in [1.82, 2.24) is 0 Å². The third-order valence-corrected chi connectivity index (χ3v) is 3.06. The Hall–Kier alpha value is -1.75. The van der Waals surface area contributed by atoms with Gasteiger partial charge in [0, 0.05) is 6.07 Å². The third-order valence-electron chi connectivity index (χ3n) is 3.06. The van der Waals surface area contributed by atoms with Crippen molar-refractivity contribution >= 4 is 5.97 Å². The molecule has 1 rings (SSSR count). The lowest BCUT2D eigenvalue weighted by Crippen LogP contribution is -2.27. The van der Waals surface area contributed by atoms with E-state index in [0.29, 0.717) is 17.1 Å². The normalized spacial score (nSPS) is 14.0. The van der Waals surface area contributed by atoms with E-state index in [-0.39, 0.29) is 5.92 Å². The average Bonchev–Trinajstić information content (AvgIpc) is 2.37. The van der Waals surface area contributed by atoms with Gasteiger partial charge >= 0.3 is 5.97 Å². The van der Waals surface area contributed by atoms with Crippen LogP contribution in [-0.2, 0) is 4.79 Å². The minimum Gasteiger partial charge on any atom is -0.497 e. The molecule has 0 radical (unpaired) electrons. The average molecular weight is 268 g/mol. The minimum absolute atomic E-state index is 0.190. The first-order valence-electron chi connectivity index (χ1n) is 6.04. The van der Waals surface area contributed by atoms with Crippen molar-refractivity contribution in [2.45, 2.75) is 20.0 Å². The molecule has 0 aliphatic rings. The summed E-state index contributed by atoms with van der Waals surface area (Å²) in [6, 6.07) is 4.90. The Balaban J connectivity index is 3.16. The minimum atomic E-state index is -1.11. The van der Waals surface area contributed by atoms with E-state index in [0.717, 1.165) is 0 Å². The van der Waals surface area contributed by atoms with E-state index in [9.17, 15) is 15.0 Å². The van der Waals surface area contributed by atoms with Gasteiger partial charge in [0.05, 0.1) is 26.2 Å². The molecule has 0 fully saturated rings. The van der Waals surface area contributed by atoms with Crippen molar-refractivity contribution in [2.75, 3.05) is 14.2 Å². The first-order valence-corrected chi connectivity index (χ1v) is 6.04. The smallest absolute Gasteiger partial charge is 0.309 e. The van der Waals surface area contributed by atoms with Crippen LogP contribution >= 0.6 is 0 Å². The second-order valence-corrected chi connectivity index (χ2v) is 4.70. The number of hydrogen-bond acceptors (Lipinski definition) is 4. The van der Waals surface area contributed by atoms with Gasteiger partial charge in [-0.1, -0.05) is 13.8 Å². The molecule has 0 aromatic heterocycles. The number of carboxylic acid groups (broad SMARTS) is 1. The van der Waals surface area contributed by atoms with Crippen LogP contribution in [0.5, 0.6) is 11.5 Å². The van der Waals surface area contributed by atoms with Crippen molar-refractivity contribution in [3.05, 3.63) is 23.8 Å². The van der Waals surface area contributed by atoms with Gasteiger partial charge in [-0.15, -0.1) is 0 Å². The van der Waals surface area contributed by atoms with Gasteiger partial charge in [0.1, 0.15) is 11.5 Å². The highest BCUT2D eigenvalue weighted by Crippen LogP contribution is 2.33. The summed E-state index contributed by atoms with van der Waals surface area (Å²) in [4.78, 5) is 11.2. The molecule has 0 aliphatic heterocycles. The summed E-state index contributed by atoms with van der Waals surface area (Å²) in [5, 5.41) is 19.5. The van der Waals surface area contributed by atoms with Crippen LogP contribution in [0.15, 0.2) is 18.2 Å². The number of aliphatic hydroxyl groups excluding tert-OH is 1. The second kappa shape index (κ2) is 6.43. The van der Waals surface area contributed by atoms with Gasteiger partial charge in [-0.05, 0) is 23.6 Å². The van der Waals surface area contributed by atoms with Gasteiger partial charge in [0.15, 0.2) is 0 Å². The number of carbonyl (C=O) groups is 1. The summed E-state index contributed by atoms with van der Waals surface area (Å²) >= 11 is 0. The van der Waals surface area contributed by atoms with E-state index in [1.807, 2.05) is 0 Å². The molecule has 5 nitrogen and oxygen atoms in total. The summed E-state index contributed by atoms with van der Waals surface area (Å²) in [5.74, 6) is -1.06. The third kappa shape index (κ3) is 3.61. The monoisotopic (exact) mass is 268 g/mol. The number of hydrogen-bond donors (Lipinski definition) is 2. The maximum Gasteiger partial charge on any atom is 0.309 e. The highest BCUT2D eigenvalue weighted by atomic mass is 16.5. The van der Waals surface area contributed by atoms with Gasteiger partial charge in [-0.2, -0.15) is 0 Å². The molecule has 0 saturated heterocycles. The van der Waals surface area contributed by atoms with E-state index < -0.39 is 18.0 Å². The maximum atomic E-state index is 11.2. The zero-order valence-corrected chi connectivity index (χ0v) is 11.6. The van der Waals surface area contributed by atoms with Crippen molar-refractivity contribution in [3.8, 4) is 11.5 Å². The standard InChI is InChI=1S/C14H20O5/c1-8(2)12(14(16)17)13(15)9-5-10(18-3)7-11(6-9)19-4/h5-8,12-13,15H,1-4H3,(H,16,17). The molecule has 0 aliphatic carbocycles. The molecule has 0 amide bonds. The van der Waals surface area contributed by atoms with Crippen LogP contribution in [0.1, 0.15) is 25.5 Å². The van der Waals surface area contributed by atoms with Crippen LogP contribution in [0.2, 0.25) is 0 Å². The fourth-order valence-corrected chi connectivity index (χ4v) is 1.99. The highest BCUT2D eigenvalue weighted by Gasteiger charge is 2.31. The molecule has 0 spiro atoms. The van der Waals surface area contributed by atoms with E-state index in [4.69, 9.17) is 9.47 Å². The number of carboxylic acids is 1. The van der Waals surface area contributed by atoms with Crippen LogP contribution in [0, 0.1) is 11.8 Å². The predicted molar refractivity (Wildman–Crippen MR) is 70.5 cm³/mol. The molecule has 106 valence electrons. The Labute approximate surface area is 112 Å². The first-order chi connectivity index (χ1) is 8.90. The van der Waals surface area contributed by atoms with Crippen LogP contribution in [-0.4, -0.2) is 30.4 Å². The van der Waals surface area contributed by atoms with Crippen LogP contribution < -0.4 is 9.47 Å². The van der Waals surface area contributed by atoms with Crippen LogP contribution in [0.3, 0.4) is 0 Å². The molecule has 0 saturated carbocycles. The number of methoxy groups -OCH3 is 2. The van der Waals surface area contributed by atoms with Gasteiger partial charge < -0.3 is 19.7 Å². The Morgan fingerprint density at radius 1 is 1.11 bits per heavy atom. The Kier molecular flexibility index (Phi) is 5.18. The molecule has 5 heteroatoms. The number of aliphatic carboxylic acids is 1. The van der Waals surface area contributed by atoms with Gasteiger partial charge in [-0.3, -0.25) is 4.79 Å². The molecular formula is C14H20O5. The van der Waals surface area contributed by atoms with Crippen molar-refractivity contribution in [1.29, 1.82) is 0 Å². The molecule has 2 unspecified atom stereocenters. The van der Waals surface area contributed by atoms with Crippen LogP contribution in [0.25, 0.3) is 0 Å². The molecule has 2 N–H and O–H groups in total. The summed E-state index contributed by atoms with van der Waals surface area (Å²) < 4.78 is 10.2. The van der Waals surface area contributed by atoms with Crippen molar-refractivity contribution in [3.63, 3.8) is 0 Å². The molecule has 1 aromatic rings. The lowest BCUT2D eigenvalue weighted by atomic mass is 9.86. The molecule has 19 heavy (non-hydrogen) atoms. The molecular weight excluding hydrogens is 248 g/mol. The van der Waals surface area contributed by atoms with Gasteiger partial charge in [0.25, 0.3) is 0 Å². The molecule has 0 bridgehead atoms.